The van der Waals surface area contributed by atoms with E-state index in [9.17, 15) is 0 Å². The molecule has 0 radical (unpaired) electrons. The molecule has 3 rings (SSSR count). The second-order valence-electron chi connectivity index (χ2n) is 7.47. The Bertz CT molecular complexity index is 468. The minimum Gasteiger partial charge on any atom is -0.348 e. The summed E-state index contributed by atoms with van der Waals surface area (Å²) in [5.41, 5.74) is 1.31. The molecule has 0 aromatic carbocycles. The molecule has 0 bridgehead atoms. The molecule has 2 aliphatic rings. The Morgan fingerprint density at radius 1 is 1.24 bits per heavy atom. The van der Waals surface area contributed by atoms with Crippen LogP contribution >= 0.6 is 11.3 Å². The van der Waals surface area contributed by atoms with Crippen molar-refractivity contribution in [2.45, 2.75) is 65.5 Å². The highest BCUT2D eigenvalue weighted by Gasteiger charge is 2.26. The van der Waals surface area contributed by atoms with Crippen molar-refractivity contribution >= 4 is 16.5 Å². The van der Waals surface area contributed by atoms with E-state index in [0.717, 1.165) is 24.4 Å². The van der Waals surface area contributed by atoms with Crippen LogP contribution < -0.4 is 10.2 Å². The van der Waals surface area contributed by atoms with E-state index < -0.39 is 0 Å². The second kappa shape index (κ2) is 6.25. The molecule has 2 atom stereocenters. The molecule has 2 fully saturated rings. The van der Waals surface area contributed by atoms with E-state index in [2.05, 4.69) is 37.9 Å². The molecule has 1 N–H and O–H groups in total. The number of hydrogen-bond donors (Lipinski definition) is 1. The first kappa shape index (κ1) is 15.3. The summed E-state index contributed by atoms with van der Waals surface area (Å²) >= 11 is 1.92. The lowest BCUT2D eigenvalue weighted by atomic mass is 9.92. The smallest absolute Gasteiger partial charge is 0.185 e. The highest BCUT2D eigenvalue weighted by Crippen LogP contribution is 2.34. The lowest BCUT2D eigenvalue weighted by Gasteiger charge is -2.34. The minimum absolute atomic E-state index is 0.519. The average Bonchev–Trinajstić information content (AvgIpc) is 3.13. The summed E-state index contributed by atoms with van der Waals surface area (Å²) < 4.78 is 0. The Labute approximate surface area is 133 Å². The van der Waals surface area contributed by atoms with Crippen molar-refractivity contribution in [1.29, 1.82) is 0 Å². The fourth-order valence-electron chi connectivity index (χ4n) is 3.41. The van der Waals surface area contributed by atoms with Crippen LogP contribution in [0.15, 0.2) is 0 Å². The molecule has 118 valence electrons. The molecule has 1 aromatic heterocycles. The largest absolute Gasteiger partial charge is 0.348 e. The van der Waals surface area contributed by atoms with Crippen molar-refractivity contribution in [3.63, 3.8) is 0 Å². The van der Waals surface area contributed by atoms with Crippen LogP contribution in [0.4, 0.5) is 5.13 Å². The molecule has 0 spiro atoms. The molecule has 1 aromatic rings. The first-order valence-electron chi connectivity index (χ1n) is 8.50. The van der Waals surface area contributed by atoms with Crippen LogP contribution in [0.25, 0.3) is 0 Å². The number of aromatic nitrogens is 1. The van der Waals surface area contributed by atoms with E-state index in [-0.39, 0.29) is 0 Å². The Kier molecular flexibility index (Phi) is 4.55. The van der Waals surface area contributed by atoms with Gasteiger partial charge in [0, 0.05) is 30.6 Å². The molecular formula is C17H29N3S. The molecule has 3 nitrogen and oxygen atoms in total. The van der Waals surface area contributed by atoms with Gasteiger partial charge < -0.3 is 10.2 Å². The Morgan fingerprint density at radius 2 is 1.90 bits per heavy atom. The third-order valence-corrected chi connectivity index (χ3v) is 5.66. The monoisotopic (exact) mass is 307 g/mol. The molecule has 1 aliphatic carbocycles. The topological polar surface area (TPSA) is 28.2 Å². The average molecular weight is 308 g/mol. The van der Waals surface area contributed by atoms with Crippen LogP contribution in [0.2, 0.25) is 0 Å². The molecule has 1 saturated carbocycles. The van der Waals surface area contributed by atoms with Crippen molar-refractivity contribution in [3.8, 4) is 0 Å². The highest BCUT2D eigenvalue weighted by atomic mass is 32.1. The minimum atomic E-state index is 0.519. The van der Waals surface area contributed by atoms with Crippen molar-refractivity contribution < 1.29 is 0 Å². The summed E-state index contributed by atoms with van der Waals surface area (Å²) in [5.74, 6) is 2.09. The molecule has 2 heterocycles. The van der Waals surface area contributed by atoms with Crippen LogP contribution in [-0.4, -0.2) is 24.1 Å². The van der Waals surface area contributed by atoms with E-state index in [1.54, 1.807) is 0 Å². The number of nitrogens with zero attached hydrogens (tertiary/aromatic N) is 2. The van der Waals surface area contributed by atoms with Gasteiger partial charge in [0.05, 0.1) is 5.69 Å². The van der Waals surface area contributed by atoms with Gasteiger partial charge in [0.1, 0.15) is 0 Å². The third-order valence-electron chi connectivity index (χ3n) is 4.53. The fraction of sp³-hybridized carbons (Fsp3) is 0.824. The second-order valence-corrected chi connectivity index (χ2v) is 8.53. The van der Waals surface area contributed by atoms with Crippen molar-refractivity contribution in [3.05, 3.63) is 10.6 Å². The van der Waals surface area contributed by atoms with Crippen LogP contribution in [0.1, 0.15) is 63.4 Å². The summed E-state index contributed by atoms with van der Waals surface area (Å²) in [6, 6.07) is 0.769. The number of nitrogens with one attached hydrogen (secondary N) is 1. The van der Waals surface area contributed by atoms with E-state index in [4.69, 9.17) is 4.98 Å². The molecule has 2 unspecified atom stereocenters. The molecule has 21 heavy (non-hydrogen) atoms. The summed E-state index contributed by atoms with van der Waals surface area (Å²) in [7, 11) is 0. The molecular weight excluding hydrogens is 278 g/mol. The lowest BCUT2D eigenvalue weighted by Crippen LogP contribution is -2.38. The van der Waals surface area contributed by atoms with Gasteiger partial charge >= 0.3 is 0 Å². The zero-order valence-electron chi connectivity index (χ0n) is 13.9. The number of piperidine rings is 1. The lowest BCUT2D eigenvalue weighted by molar-refractivity contribution is 0.356. The Hall–Kier alpha value is -0.610. The van der Waals surface area contributed by atoms with Crippen LogP contribution in [-0.2, 0) is 6.54 Å². The quantitative estimate of drug-likeness (QED) is 0.891. The van der Waals surface area contributed by atoms with Gasteiger partial charge in [0.15, 0.2) is 5.13 Å². The van der Waals surface area contributed by atoms with Gasteiger partial charge in [-0.2, -0.15) is 0 Å². The van der Waals surface area contributed by atoms with Gasteiger partial charge in [-0.3, -0.25) is 0 Å². The van der Waals surface area contributed by atoms with Gasteiger partial charge in [-0.05, 0) is 37.0 Å². The van der Waals surface area contributed by atoms with E-state index in [1.807, 2.05) is 11.3 Å². The van der Waals surface area contributed by atoms with Gasteiger partial charge in [-0.15, -0.1) is 11.3 Å². The number of anilines is 1. The maximum absolute atomic E-state index is 5.01. The number of rotatable bonds is 5. The van der Waals surface area contributed by atoms with Gasteiger partial charge in [0.25, 0.3) is 0 Å². The van der Waals surface area contributed by atoms with Crippen molar-refractivity contribution in [2.75, 3.05) is 18.0 Å². The predicted octanol–water partition coefficient (Wildman–Crippen LogP) is 4.00. The number of hydrogen-bond acceptors (Lipinski definition) is 4. The SMILES string of the molecule is CC1CC(C)CN(c2nc(C(C)C)c(CNC3CC3)s2)C1. The van der Waals surface area contributed by atoms with E-state index >= 15 is 0 Å². The normalized spacial score (nSPS) is 26.6. The van der Waals surface area contributed by atoms with Crippen LogP contribution in [0.5, 0.6) is 0 Å². The molecule has 1 aliphatic heterocycles. The molecule has 0 amide bonds. The number of thiazole rings is 1. The standard InChI is InChI=1S/C17H29N3S/c1-11(2)16-15(8-18-14-5-6-14)21-17(19-16)20-9-12(3)7-13(4)10-20/h11-14,18H,5-10H2,1-4H3. The van der Waals surface area contributed by atoms with E-state index in [1.165, 1.54) is 48.1 Å². The summed E-state index contributed by atoms with van der Waals surface area (Å²) in [6.45, 7) is 12.6. The third kappa shape index (κ3) is 3.78. The zero-order valence-corrected chi connectivity index (χ0v) is 14.7. The van der Waals surface area contributed by atoms with Gasteiger partial charge in [0.2, 0.25) is 0 Å². The first-order chi connectivity index (χ1) is 10.0. The Balaban J connectivity index is 1.76. The van der Waals surface area contributed by atoms with Gasteiger partial charge in [-0.25, -0.2) is 4.98 Å². The maximum atomic E-state index is 5.01. The summed E-state index contributed by atoms with van der Waals surface area (Å²) in [6.07, 6.45) is 4.06. The first-order valence-corrected chi connectivity index (χ1v) is 9.32. The predicted molar refractivity (Wildman–Crippen MR) is 91.2 cm³/mol. The highest BCUT2D eigenvalue weighted by molar-refractivity contribution is 7.15. The zero-order chi connectivity index (χ0) is 15.0. The summed E-state index contributed by atoms with van der Waals surface area (Å²) in [5, 5.41) is 4.91. The fourth-order valence-corrected chi connectivity index (χ4v) is 4.59. The van der Waals surface area contributed by atoms with Crippen LogP contribution in [0, 0.1) is 11.8 Å². The van der Waals surface area contributed by atoms with Crippen LogP contribution in [0.3, 0.4) is 0 Å². The van der Waals surface area contributed by atoms with Crippen molar-refractivity contribution in [2.24, 2.45) is 11.8 Å². The Morgan fingerprint density at radius 3 is 2.48 bits per heavy atom. The van der Waals surface area contributed by atoms with Gasteiger partial charge in [-0.1, -0.05) is 27.7 Å². The molecule has 1 saturated heterocycles. The maximum Gasteiger partial charge on any atom is 0.185 e. The van der Waals surface area contributed by atoms with Crippen molar-refractivity contribution in [1.82, 2.24) is 10.3 Å². The molecule has 4 heteroatoms. The van der Waals surface area contributed by atoms with E-state index in [0.29, 0.717) is 5.92 Å². The summed E-state index contributed by atoms with van der Waals surface area (Å²) in [4.78, 5) is 8.99.